The Morgan fingerprint density at radius 1 is 1.10 bits per heavy atom. The van der Waals surface area contributed by atoms with Gasteiger partial charge in [-0.1, -0.05) is 29.8 Å². The summed E-state index contributed by atoms with van der Waals surface area (Å²) in [5, 5.41) is 0. The second-order valence-electron chi connectivity index (χ2n) is 5.08. The van der Waals surface area contributed by atoms with E-state index in [4.69, 9.17) is 0 Å². The minimum atomic E-state index is 0.156. The Kier molecular flexibility index (Phi) is 5.81. The second kappa shape index (κ2) is 7.84. The van der Waals surface area contributed by atoms with E-state index in [1.807, 2.05) is 19.2 Å². The van der Waals surface area contributed by atoms with Crippen LogP contribution in [-0.4, -0.2) is 28.6 Å². The van der Waals surface area contributed by atoms with Gasteiger partial charge in [0.15, 0.2) is 0 Å². The highest BCUT2D eigenvalue weighted by molar-refractivity contribution is 7.99. The molecular weight excluding hydrogens is 280 g/mol. The molecule has 0 aliphatic heterocycles. The molecule has 0 aliphatic rings. The summed E-state index contributed by atoms with van der Waals surface area (Å²) in [6.07, 6.45) is 3.50. The summed E-state index contributed by atoms with van der Waals surface area (Å²) >= 11 is 1.66. The summed E-state index contributed by atoms with van der Waals surface area (Å²) in [4.78, 5) is 17.8. The normalized spacial score (nSPS) is 10.4. The van der Waals surface area contributed by atoms with Crippen molar-refractivity contribution in [3.8, 4) is 0 Å². The molecule has 0 aliphatic carbocycles. The van der Waals surface area contributed by atoms with Crippen LogP contribution in [0.3, 0.4) is 0 Å². The zero-order chi connectivity index (χ0) is 15.1. The zero-order valence-corrected chi connectivity index (χ0v) is 13.3. The van der Waals surface area contributed by atoms with Crippen LogP contribution >= 0.6 is 11.8 Å². The van der Waals surface area contributed by atoms with Gasteiger partial charge in [0.2, 0.25) is 5.91 Å². The van der Waals surface area contributed by atoms with Crippen LogP contribution in [0.4, 0.5) is 0 Å². The number of pyridine rings is 1. The highest BCUT2D eigenvalue weighted by Gasteiger charge is 2.09. The average molecular weight is 300 g/mol. The standard InChI is InChI=1S/C17H20N2OS/c1-14-3-5-16(6-4-14)12-21-13-17(20)19(2)11-15-7-9-18-10-8-15/h3-10H,11-13H2,1-2H3. The van der Waals surface area contributed by atoms with Crippen LogP contribution in [0.25, 0.3) is 0 Å². The van der Waals surface area contributed by atoms with Crippen molar-refractivity contribution in [1.29, 1.82) is 0 Å². The molecule has 0 radical (unpaired) electrons. The maximum absolute atomic E-state index is 12.1. The monoisotopic (exact) mass is 300 g/mol. The number of carbonyl (C=O) groups is 1. The van der Waals surface area contributed by atoms with E-state index in [0.717, 1.165) is 11.3 Å². The fourth-order valence-electron chi connectivity index (χ4n) is 1.90. The second-order valence-corrected chi connectivity index (χ2v) is 6.07. The first kappa shape index (κ1) is 15.6. The van der Waals surface area contributed by atoms with Crippen molar-refractivity contribution >= 4 is 17.7 Å². The quantitative estimate of drug-likeness (QED) is 0.821. The number of carbonyl (C=O) groups excluding carboxylic acids is 1. The van der Waals surface area contributed by atoms with Crippen molar-refractivity contribution in [1.82, 2.24) is 9.88 Å². The summed E-state index contributed by atoms with van der Waals surface area (Å²) in [7, 11) is 1.84. The van der Waals surface area contributed by atoms with Gasteiger partial charge in [0.25, 0.3) is 0 Å². The van der Waals surface area contributed by atoms with E-state index < -0.39 is 0 Å². The Hall–Kier alpha value is -1.81. The summed E-state index contributed by atoms with van der Waals surface area (Å²) in [6.45, 7) is 2.71. The molecule has 0 N–H and O–H groups in total. The lowest BCUT2D eigenvalue weighted by Crippen LogP contribution is -2.27. The van der Waals surface area contributed by atoms with Crippen molar-refractivity contribution in [2.75, 3.05) is 12.8 Å². The van der Waals surface area contributed by atoms with E-state index in [1.165, 1.54) is 11.1 Å². The summed E-state index contributed by atoms with van der Waals surface area (Å²) < 4.78 is 0. The van der Waals surface area contributed by atoms with Gasteiger partial charge in [-0.15, -0.1) is 11.8 Å². The zero-order valence-electron chi connectivity index (χ0n) is 12.5. The van der Waals surface area contributed by atoms with Gasteiger partial charge in [0, 0.05) is 31.7 Å². The predicted octanol–water partition coefficient (Wildman–Crippen LogP) is 3.28. The summed E-state index contributed by atoms with van der Waals surface area (Å²) in [6, 6.07) is 12.3. The van der Waals surface area contributed by atoms with Crippen LogP contribution in [0.5, 0.6) is 0 Å². The van der Waals surface area contributed by atoms with E-state index in [9.17, 15) is 4.79 Å². The first-order valence-electron chi connectivity index (χ1n) is 6.91. The number of thioether (sulfide) groups is 1. The first-order valence-corrected chi connectivity index (χ1v) is 8.07. The molecule has 1 aromatic carbocycles. The molecule has 0 unspecified atom stereocenters. The van der Waals surface area contributed by atoms with Gasteiger partial charge in [0.05, 0.1) is 5.75 Å². The fourth-order valence-corrected chi connectivity index (χ4v) is 2.83. The number of nitrogens with zero attached hydrogens (tertiary/aromatic N) is 2. The molecule has 4 heteroatoms. The predicted molar refractivity (Wildman–Crippen MR) is 88.1 cm³/mol. The van der Waals surface area contributed by atoms with Crippen LogP contribution in [0, 0.1) is 6.92 Å². The van der Waals surface area contributed by atoms with E-state index >= 15 is 0 Å². The Labute approximate surface area is 130 Å². The Balaban J connectivity index is 1.75. The molecule has 0 bridgehead atoms. The molecule has 0 atom stereocenters. The van der Waals surface area contributed by atoms with Crippen molar-refractivity contribution in [2.24, 2.45) is 0 Å². The van der Waals surface area contributed by atoms with Crippen molar-refractivity contribution in [3.63, 3.8) is 0 Å². The van der Waals surface area contributed by atoms with Crippen molar-refractivity contribution in [3.05, 3.63) is 65.5 Å². The Morgan fingerprint density at radius 2 is 1.76 bits per heavy atom. The number of aromatic nitrogens is 1. The SMILES string of the molecule is Cc1ccc(CSCC(=O)N(C)Cc2ccncc2)cc1. The van der Waals surface area contributed by atoms with Crippen LogP contribution < -0.4 is 0 Å². The molecule has 1 amide bonds. The lowest BCUT2D eigenvalue weighted by molar-refractivity contribution is -0.127. The van der Waals surface area contributed by atoms with E-state index in [-0.39, 0.29) is 5.91 Å². The van der Waals surface area contributed by atoms with Crippen LogP contribution in [0.2, 0.25) is 0 Å². The maximum atomic E-state index is 12.1. The maximum Gasteiger partial charge on any atom is 0.232 e. The third-order valence-corrected chi connectivity index (χ3v) is 4.20. The van der Waals surface area contributed by atoms with Gasteiger partial charge in [0.1, 0.15) is 0 Å². The lowest BCUT2D eigenvalue weighted by Gasteiger charge is -2.17. The number of rotatable bonds is 6. The van der Waals surface area contributed by atoms with Crippen LogP contribution in [0.1, 0.15) is 16.7 Å². The van der Waals surface area contributed by atoms with E-state index in [1.54, 1.807) is 29.1 Å². The third kappa shape index (κ3) is 5.23. The highest BCUT2D eigenvalue weighted by Crippen LogP contribution is 2.14. The molecule has 1 aromatic heterocycles. The topological polar surface area (TPSA) is 33.2 Å². The van der Waals surface area contributed by atoms with Gasteiger partial charge >= 0.3 is 0 Å². The third-order valence-electron chi connectivity index (χ3n) is 3.21. The molecule has 0 fully saturated rings. The van der Waals surface area contributed by atoms with E-state index in [0.29, 0.717) is 12.3 Å². The molecule has 1 heterocycles. The molecule has 2 rings (SSSR count). The number of aryl methyl sites for hydroxylation is 1. The smallest absolute Gasteiger partial charge is 0.232 e. The minimum Gasteiger partial charge on any atom is -0.341 e. The van der Waals surface area contributed by atoms with Gasteiger partial charge < -0.3 is 4.90 Å². The molecular formula is C17H20N2OS. The summed E-state index contributed by atoms with van der Waals surface area (Å²) in [5.41, 5.74) is 3.62. The molecule has 0 saturated carbocycles. The van der Waals surface area contributed by atoms with Gasteiger partial charge in [-0.3, -0.25) is 9.78 Å². The average Bonchev–Trinajstić information content (AvgIpc) is 2.50. The number of hydrogen-bond acceptors (Lipinski definition) is 3. The van der Waals surface area contributed by atoms with Gasteiger partial charge in [-0.25, -0.2) is 0 Å². The first-order chi connectivity index (χ1) is 10.1. The molecule has 3 nitrogen and oxygen atoms in total. The van der Waals surface area contributed by atoms with Gasteiger partial charge in [-0.05, 0) is 30.2 Å². The molecule has 0 spiro atoms. The summed E-state index contributed by atoms with van der Waals surface area (Å²) in [5.74, 6) is 1.54. The number of hydrogen-bond donors (Lipinski definition) is 0. The number of amides is 1. The van der Waals surface area contributed by atoms with Crippen LogP contribution in [-0.2, 0) is 17.1 Å². The van der Waals surface area contributed by atoms with Crippen LogP contribution in [0.15, 0.2) is 48.8 Å². The largest absolute Gasteiger partial charge is 0.341 e. The highest BCUT2D eigenvalue weighted by atomic mass is 32.2. The van der Waals surface area contributed by atoms with Gasteiger partial charge in [-0.2, -0.15) is 0 Å². The lowest BCUT2D eigenvalue weighted by atomic mass is 10.2. The minimum absolute atomic E-state index is 0.156. The molecule has 110 valence electrons. The number of benzene rings is 1. The van der Waals surface area contributed by atoms with Crippen molar-refractivity contribution in [2.45, 2.75) is 19.2 Å². The fraction of sp³-hybridized carbons (Fsp3) is 0.294. The van der Waals surface area contributed by atoms with E-state index in [2.05, 4.69) is 36.2 Å². The molecule has 0 saturated heterocycles. The molecule has 2 aromatic rings. The van der Waals surface area contributed by atoms with Crippen molar-refractivity contribution < 1.29 is 4.79 Å². The Bertz CT molecular complexity index is 569. The Morgan fingerprint density at radius 3 is 2.43 bits per heavy atom. The molecule has 21 heavy (non-hydrogen) atoms.